The van der Waals surface area contributed by atoms with Crippen molar-refractivity contribution in [1.29, 1.82) is 0 Å². The van der Waals surface area contributed by atoms with Gasteiger partial charge in [-0.1, -0.05) is 31.4 Å². The molecule has 9 nitrogen and oxygen atoms in total. The molecule has 0 heterocycles. The van der Waals surface area contributed by atoms with Gasteiger partial charge in [-0.25, -0.2) is 8.42 Å². The lowest BCUT2D eigenvalue weighted by molar-refractivity contribution is -0.114. The fraction of sp³-hybridized carbons (Fsp3) is 0.400. The number of amides is 3. The number of benzene rings is 2. The average Bonchev–Trinajstić information content (AvgIpc) is 2.82. The van der Waals surface area contributed by atoms with E-state index in [-0.39, 0.29) is 23.5 Å². The molecule has 3 amide bonds. The van der Waals surface area contributed by atoms with Gasteiger partial charge < -0.3 is 15.5 Å². The Morgan fingerprint density at radius 2 is 1.57 bits per heavy atom. The van der Waals surface area contributed by atoms with Crippen LogP contribution in [0.15, 0.2) is 48.5 Å². The first-order valence-electron chi connectivity index (χ1n) is 11.6. The Balaban J connectivity index is 1.74. The Labute approximate surface area is 206 Å². The molecule has 1 aliphatic carbocycles. The van der Waals surface area contributed by atoms with Crippen molar-refractivity contribution in [3.05, 3.63) is 59.7 Å². The van der Waals surface area contributed by atoms with Crippen LogP contribution in [0.25, 0.3) is 0 Å². The van der Waals surface area contributed by atoms with Crippen LogP contribution in [0.4, 0.5) is 11.4 Å². The third-order valence-corrected chi connectivity index (χ3v) is 7.02. The first kappa shape index (κ1) is 26.2. The van der Waals surface area contributed by atoms with Gasteiger partial charge in [0.1, 0.15) is 6.54 Å². The summed E-state index contributed by atoms with van der Waals surface area (Å²) in [6, 6.07) is 12.8. The van der Waals surface area contributed by atoms with Crippen molar-refractivity contribution in [1.82, 2.24) is 10.2 Å². The Morgan fingerprint density at radius 3 is 2.17 bits per heavy atom. The summed E-state index contributed by atoms with van der Waals surface area (Å²) < 4.78 is 25.9. The summed E-state index contributed by atoms with van der Waals surface area (Å²) in [6.45, 7) is -0.488. The summed E-state index contributed by atoms with van der Waals surface area (Å²) in [7, 11) is -0.559. The van der Waals surface area contributed by atoms with E-state index in [1.807, 2.05) is 0 Å². The van der Waals surface area contributed by atoms with Crippen molar-refractivity contribution in [3.8, 4) is 0 Å². The van der Waals surface area contributed by atoms with Crippen molar-refractivity contribution in [2.75, 3.05) is 36.5 Å². The number of hydrogen-bond donors (Lipinski definition) is 2. The Hall–Kier alpha value is -3.40. The van der Waals surface area contributed by atoms with Crippen LogP contribution in [0, 0.1) is 0 Å². The second-order valence-electron chi connectivity index (χ2n) is 8.92. The number of anilines is 2. The highest BCUT2D eigenvalue weighted by Crippen LogP contribution is 2.22. The molecule has 0 saturated heterocycles. The van der Waals surface area contributed by atoms with Crippen LogP contribution in [0.1, 0.15) is 52.8 Å². The zero-order valence-electron chi connectivity index (χ0n) is 20.3. The van der Waals surface area contributed by atoms with Crippen LogP contribution in [0.2, 0.25) is 0 Å². The predicted octanol–water partition coefficient (Wildman–Crippen LogP) is 2.86. The summed E-state index contributed by atoms with van der Waals surface area (Å²) in [6.07, 6.45) is 6.20. The maximum absolute atomic E-state index is 12.9. The SMILES string of the molecule is CN(C)C(=O)c1ccc(N(CC(=O)Nc2ccccc2C(=O)NC2CCCCC2)S(C)(=O)=O)cc1. The zero-order chi connectivity index (χ0) is 25.6. The van der Waals surface area contributed by atoms with Crippen LogP contribution in [-0.4, -0.2) is 64.0 Å². The molecule has 2 aromatic rings. The maximum Gasteiger partial charge on any atom is 0.253 e. The summed E-state index contributed by atoms with van der Waals surface area (Å²) in [5, 5.41) is 5.71. The molecule has 0 aliphatic heterocycles. The van der Waals surface area contributed by atoms with Crippen LogP contribution in [0.5, 0.6) is 0 Å². The minimum atomic E-state index is -3.80. The average molecular weight is 501 g/mol. The van der Waals surface area contributed by atoms with Crippen molar-refractivity contribution < 1.29 is 22.8 Å². The maximum atomic E-state index is 12.9. The molecule has 1 saturated carbocycles. The molecule has 3 rings (SSSR count). The lowest BCUT2D eigenvalue weighted by atomic mass is 9.95. The van der Waals surface area contributed by atoms with Crippen LogP contribution < -0.4 is 14.9 Å². The van der Waals surface area contributed by atoms with E-state index in [2.05, 4.69) is 10.6 Å². The number of carbonyl (C=O) groups excluding carboxylic acids is 3. The highest BCUT2D eigenvalue weighted by atomic mass is 32.2. The van der Waals surface area contributed by atoms with Gasteiger partial charge in [-0.15, -0.1) is 0 Å². The topological polar surface area (TPSA) is 116 Å². The largest absolute Gasteiger partial charge is 0.349 e. The van der Waals surface area contributed by atoms with Gasteiger partial charge in [0.25, 0.3) is 11.8 Å². The number of nitrogens with zero attached hydrogens (tertiary/aromatic N) is 2. The van der Waals surface area contributed by atoms with Gasteiger partial charge in [0.2, 0.25) is 15.9 Å². The molecular formula is C25H32N4O5S. The second-order valence-corrected chi connectivity index (χ2v) is 10.8. The molecule has 0 spiro atoms. The number of nitrogens with one attached hydrogen (secondary N) is 2. The Bertz CT molecular complexity index is 1170. The van der Waals surface area contributed by atoms with Crippen LogP contribution in [0.3, 0.4) is 0 Å². The fourth-order valence-electron chi connectivity index (χ4n) is 4.05. The van der Waals surface area contributed by atoms with E-state index in [4.69, 9.17) is 0 Å². The summed E-state index contributed by atoms with van der Waals surface area (Å²) in [4.78, 5) is 39.2. The number of sulfonamides is 1. The molecule has 2 aromatic carbocycles. The standard InChI is InChI=1S/C25H32N4O5S/c1-28(2)25(32)18-13-15-20(16-14-18)29(35(3,33)34)17-23(30)27-22-12-8-7-11-21(22)24(31)26-19-9-5-4-6-10-19/h7-8,11-16,19H,4-6,9-10,17H2,1-3H3,(H,26,31)(H,27,30). The summed E-state index contributed by atoms with van der Waals surface area (Å²) >= 11 is 0. The zero-order valence-corrected chi connectivity index (χ0v) is 21.1. The van der Waals surface area contributed by atoms with E-state index >= 15 is 0 Å². The molecule has 2 N–H and O–H groups in total. The van der Waals surface area contributed by atoms with E-state index in [0.717, 1.165) is 36.2 Å². The monoisotopic (exact) mass is 500 g/mol. The van der Waals surface area contributed by atoms with Crippen LogP contribution in [-0.2, 0) is 14.8 Å². The number of para-hydroxylation sites is 1. The van der Waals surface area contributed by atoms with E-state index in [9.17, 15) is 22.8 Å². The van der Waals surface area contributed by atoms with Gasteiger partial charge in [0, 0.05) is 25.7 Å². The first-order valence-corrected chi connectivity index (χ1v) is 13.4. The molecule has 0 bridgehead atoms. The van der Waals surface area contributed by atoms with E-state index < -0.39 is 22.5 Å². The van der Waals surface area contributed by atoms with Crippen molar-refractivity contribution in [2.24, 2.45) is 0 Å². The van der Waals surface area contributed by atoms with E-state index in [0.29, 0.717) is 16.8 Å². The molecular weight excluding hydrogens is 468 g/mol. The van der Waals surface area contributed by atoms with Gasteiger partial charge in [-0.2, -0.15) is 0 Å². The summed E-state index contributed by atoms with van der Waals surface area (Å²) in [5.74, 6) is -1.08. The normalized spacial score (nSPS) is 14.1. The molecule has 10 heteroatoms. The second kappa shape index (κ2) is 11.4. The fourth-order valence-corrected chi connectivity index (χ4v) is 4.91. The number of rotatable bonds is 8. The lowest BCUT2D eigenvalue weighted by Gasteiger charge is -2.24. The van der Waals surface area contributed by atoms with Crippen molar-refractivity contribution in [3.63, 3.8) is 0 Å². The van der Waals surface area contributed by atoms with Gasteiger partial charge >= 0.3 is 0 Å². The van der Waals surface area contributed by atoms with E-state index in [1.165, 1.54) is 35.6 Å². The highest BCUT2D eigenvalue weighted by Gasteiger charge is 2.23. The molecule has 0 radical (unpaired) electrons. The smallest absolute Gasteiger partial charge is 0.253 e. The molecule has 0 aromatic heterocycles. The minimum absolute atomic E-state index is 0.114. The third-order valence-electron chi connectivity index (χ3n) is 5.88. The van der Waals surface area contributed by atoms with Gasteiger partial charge in [0.05, 0.1) is 23.2 Å². The molecule has 35 heavy (non-hydrogen) atoms. The molecule has 0 unspecified atom stereocenters. The van der Waals surface area contributed by atoms with Gasteiger partial charge in [0.15, 0.2) is 0 Å². The Kier molecular flexibility index (Phi) is 8.50. The van der Waals surface area contributed by atoms with Crippen molar-refractivity contribution >= 4 is 39.1 Å². The molecule has 1 aliphatic rings. The predicted molar refractivity (Wildman–Crippen MR) is 136 cm³/mol. The molecule has 1 fully saturated rings. The van der Waals surface area contributed by atoms with E-state index in [1.54, 1.807) is 38.4 Å². The van der Waals surface area contributed by atoms with Gasteiger partial charge in [-0.05, 0) is 49.2 Å². The lowest BCUT2D eigenvalue weighted by Crippen LogP contribution is -2.38. The minimum Gasteiger partial charge on any atom is -0.349 e. The molecule has 188 valence electrons. The van der Waals surface area contributed by atoms with Gasteiger partial charge in [-0.3, -0.25) is 18.7 Å². The summed E-state index contributed by atoms with van der Waals surface area (Å²) in [5.41, 5.74) is 1.28. The highest BCUT2D eigenvalue weighted by molar-refractivity contribution is 7.92. The molecule has 0 atom stereocenters. The quantitative estimate of drug-likeness (QED) is 0.578. The Morgan fingerprint density at radius 1 is 0.943 bits per heavy atom. The number of hydrogen-bond acceptors (Lipinski definition) is 5. The van der Waals surface area contributed by atoms with Crippen molar-refractivity contribution in [2.45, 2.75) is 38.1 Å². The number of carbonyl (C=O) groups is 3. The first-order chi connectivity index (χ1) is 16.6. The third kappa shape index (κ3) is 7.05. The van der Waals surface area contributed by atoms with Crippen LogP contribution >= 0.6 is 0 Å².